The molecule has 0 fully saturated rings. The Morgan fingerprint density at radius 1 is 1.25 bits per heavy atom. The summed E-state index contributed by atoms with van der Waals surface area (Å²) in [6.07, 6.45) is 7.69. The second-order valence-corrected chi connectivity index (χ2v) is 6.29. The molecule has 1 aliphatic carbocycles. The summed E-state index contributed by atoms with van der Waals surface area (Å²) >= 11 is 0.198. The van der Waals surface area contributed by atoms with Gasteiger partial charge in [-0.15, -0.1) is 0 Å². The molecule has 3 rings (SSSR count). The first-order valence-corrected chi connectivity index (χ1v) is 7.24. The average Bonchev–Trinajstić information content (AvgIpc) is 2.69. The van der Waals surface area contributed by atoms with Crippen LogP contribution in [0.3, 0.4) is 0 Å². The molecule has 16 heavy (non-hydrogen) atoms. The van der Waals surface area contributed by atoms with Crippen LogP contribution in [0.1, 0.15) is 25.3 Å². The van der Waals surface area contributed by atoms with Crippen molar-refractivity contribution in [3.05, 3.63) is 46.8 Å². The Morgan fingerprint density at radius 3 is 2.88 bits per heavy atom. The van der Waals surface area contributed by atoms with Crippen molar-refractivity contribution in [2.24, 2.45) is 0 Å². The van der Waals surface area contributed by atoms with E-state index in [0.717, 1.165) is 24.6 Å². The molecule has 0 amide bonds. The van der Waals surface area contributed by atoms with Gasteiger partial charge < -0.3 is 0 Å². The Balaban J connectivity index is 2.13. The molecule has 0 aliphatic heterocycles. The fourth-order valence-electron chi connectivity index (χ4n) is 2.22. The first-order valence-electron chi connectivity index (χ1n) is 5.62. The van der Waals surface area contributed by atoms with Gasteiger partial charge in [0, 0.05) is 0 Å². The molecule has 0 saturated carbocycles. The summed E-state index contributed by atoms with van der Waals surface area (Å²) in [4.78, 5) is 12.2. The van der Waals surface area contributed by atoms with Gasteiger partial charge in [-0.3, -0.25) is 0 Å². The number of rotatable bonds is 1. The third kappa shape index (κ3) is 1.60. The number of fused-ring (bicyclic) bond motifs is 1. The maximum absolute atomic E-state index is 12.2. The third-order valence-corrected chi connectivity index (χ3v) is 5.63. The van der Waals surface area contributed by atoms with Crippen LogP contribution in [0, 0.1) is 0 Å². The van der Waals surface area contributed by atoms with Crippen LogP contribution in [0.15, 0.2) is 41.2 Å². The third-order valence-electron chi connectivity index (χ3n) is 3.09. The molecule has 0 saturated heterocycles. The van der Waals surface area contributed by atoms with E-state index in [2.05, 4.69) is 21.8 Å². The van der Waals surface area contributed by atoms with Gasteiger partial charge in [-0.2, -0.15) is 0 Å². The number of hydrogen-bond donors (Lipinski definition) is 0. The van der Waals surface area contributed by atoms with Crippen molar-refractivity contribution >= 4 is 24.4 Å². The van der Waals surface area contributed by atoms with Gasteiger partial charge in [-0.1, -0.05) is 0 Å². The summed E-state index contributed by atoms with van der Waals surface area (Å²) in [5.41, 5.74) is 0.246. The normalized spacial score (nSPS) is 20.4. The molecule has 82 valence electrons. The standard InChI is InChI=1S/C13H13NOSe/c15-13-11-8-4-5-9-12(11)16-14(13)10-6-2-1-3-7-10/h1-2,4-5,8-10H,3,6-7H2. The minimum atomic E-state index is 0.198. The SMILES string of the molecule is O=c1c2ccccc2[se]n1C1CC=CCC1. The molecule has 0 bridgehead atoms. The number of benzene rings is 1. The van der Waals surface area contributed by atoms with Crippen LogP contribution in [-0.2, 0) is 0 Å². The van der Waals surface area contributed by atoms with Crippen molar-refractivity contribution in [3.8, 4) is 0 Å². The van der Waals surface area contributed by atoms with Crippen molar-refractivity contribution in [3.63, 3.8) is 0 Å². The summed E-state index contributed by atoms with van der Waals surface area (Å²) < 4.78 is 3.34. The predicted octanol–water partition coefficient (Wildman–Crippen LogP) is 2.34. The Hall–Kier alpha value is -1.05. The van der Waals surface area contributed by atoms with Crippen LogP contribution in [-0.4, -0.2) is 18.3 Å². The van der Waals surface area contributed by atoms with Gasteiger partial charge >= 0.3 is 100 Å². The van der Waals surface area contributed by atoms with Crippen LogP contribution in [0.5, 0.6) is 0 Å². The summed E-state index contributed by atoms with van der Waals surface area (Å²) in [5, 5.41) is 0.928. The minimum absolute atomic E-state index is 0.198. The quantitative estimate of drug-likeness (QED) is 0.579. The van der Waals surface area contributed by atoms with E-state index in [1.165, 1.54) is 4.26 Å². The topological polar surface area (TPSA) is 22.0 Å². The Labute approximate surface area is 100 Å². The van der Waals surface area contributed by atoms with E-state index in [4.69, 9.17) is 0 Å². The van der Waals surface area contributed by atoms with Crippen molar-refractivity contribution in [1.29, 1.82) is 0 Å². The van der Waals surface area contributed by atoms with Crippen molar-refractivity contribution in [2.75, 3.05) is 0 Å². The predicted molar refractivity (Wildman–Crippen MR) is 67.2 cm³/mol. The van der Waals surface area contributed by atoms with Gasteiger partial charge in [-0.25, -0.2) is 0 Å². The molecule has 2 aromatic rings. The molecule has 1 heterocycles. The van der Waals surface area contributed by atoms with Crippen LogP contribution < -0.4 is 5.56 Å². The molecule has 1 aromatic heterocycles. The Bertz CT molecular complexity index is 593. The van der Waals surface area contributed by atoms with Gasteiger partial charge in [0.15, 0.2) is 0 Å². The summed E-state index contributed by atoms with van der Waals surface area (Å²) in [7, 11) is 0. The first-order chi connectivity index (χ1) is 7.86. The molecule has 1 unspecified atom stereocenters. The zero-order valence-corrected chi connectivity index (χ0v) is 10.6. The van der Waals surface area contributed by atoms with E-state index in [1.54, 1.807) is 0 Å². The number of aromatic nitrogens is 1. The molecule has 1 aromatic carbocycles. The molecule has 3 heteroatoms. The monoisotopic (exact) mass is 279 g/mol. The summed E-state index contributed by atoms with van der Waals surface area (Å²) in [5.74, 6) is 0. The van der Waals surface area contributed by atoms with Crippen LogP contribution >= 0.6 is 0 Å². The van der Waals surface area contributed by atoms with E-state index in [0.29, 0.717) is 6.04 Å². The van der Waals surface area contributed by atoms with Crippen LogP contribution in [0.2, 0.25) is 0 Å². The second-order valence-electron chi connectivity index (χ2n) is 4.16. The zero-order valence-electron chi connectivity index (χ0n) is 8.93. The zero-order chi connectivity index (χ0) is 11.0. The number of hydrogen-bond acceptors (Lipinski definition) is 1. The van der Waals surface area contributed by atoms with E-state index in [-0.39, 0.29) is 20.3 Å². The molecule has 1 atom stereocenters. The molecular weight excluding hydrogens is 265 g/mol. The summed E-state index contributed by atoms with van der Waals surface area (Å²) in [6.45, 7) is 0. The fraction of sp³-hybridized carbons (Fsp3) is 0.308. The van der Waals surface area contributed by atoms with Crippen molar-refractivity contribution < 1.29 is 0 Å². The molecule has 0 N–H and O–H groups in total. The molecule has 0 spiro atoms. The maximum atomic E-state index is 12.2. The molecule has 2 nitrogen and oxygen atoms in total. The molecule has 1 aliphatic rings. The molecule has 0 radical (unpaired) electrons. The van der Waals surface area contributed by atoms with Crippen molar-refractivity contribution in [2.45, 2.75) is 25.3 Å². The van der Waals surface area contributed by atoms with E-state index < -0.39 is 0 Å². The number of allylic oxidation sites excluding steroid dienone is 2. The van der Waals surface area contributed by atoms with Crippen LogP contribution in [0.4, 0.5) is 0 Å². The first kappa shape index (κ1) is 10.1. The summed E-state index contributed by atoms with van der Waals surface area (Å²) in [6, 6.07) is 8.46. The van der Waals surface area contributed by atoms with E-state index in [9.17, 15) is 4.79 Å². The average molecular weight is 278 g/mol. The Morgan fingerprint density at radius 2 is 2.12 bits per heavy atom. The molecular formula is C13H13NOSe. The second kappa shape index (κ2) is 4.08. The fourth-order valence-corrected chi connectivity index (χ4v) is 4.58. The van der Waals surface area contributed by atoms with Gasteiger partial charge in [0.05, 0.1) is 0 Å². The van der Waals surface area contributed by atoms with Crippen molar-refractivity contribution in [1.82, 2.24) is 3.56 Å². The van der Waals surface area contributed by atoms with E-state index >= 15 is 0 Å². The van der Waals surface area contributed by atoms with Gasteiger partial charge in [0.2, 0.25) is 0 Å². The van der Waals surface area contributed by atoms with Gasteiger partial charge in [-0.05, 0) is 0 Å². The Kier molecular flexibility index (Phi) is 2.58. The van der Waals surface area contributed by atoms with Gasteiger partial charge in [0.1, 0.15) is 0 Å². The van der Waals surface area contributed by atoms with Gasteiger partial charge in [0.25, 0.3) is 0 Å². The van der Waals surface area contributed by atoms with Crippen LogP contribution in [0.25, 0.3) is 9.65 Å². The number of nitrogens with zero attached hydrogens (tertiary/aromatic N) is 1. The van der Waals surface area contributed by atoms with E-state index in [1.807, 2.05) is 18.2 Å².